The summed E-state index contributed by atoms with van der Waals surface area (Å²) in [5.74, 6) is -0.525. The Morgan fingerprint density at radius 1 is 1.57 bits per heavy atom. The van der Waals surface area contributed by atoms with Crippen LogP contribution in [0.1, 0.15) is 21.5 Å². The van der Waals surface area contributed by atoms with Crippen LogP contribution in [0.4, 0.5) is 5.69 Å². The van der Waals surface area contributed by atoms with Crippen molar-refractivity contribution >= 4 is 11.7 Å². The third-order valence-electron chi connectivity index (χ3n) is 1.85. The van der Waals surface area contributed by atoms with Gasteiger partial charge in [0.05, 0.1) is 23.9 Å². The van der Waals surface area contributed by atoms with Gasteiger partial charge in [-0.1, -0.05) is 0 Å². The molecule has 2 N–H and O–H groups in total. The summed E-state index contributed by atoms with van der Waals surface area (Å²) in [7, 11) is 1.27. The molecule has 0 aromatic heterocycles. The third kappa shape index (κ3) is 1.67. The summed E-state index contributed by atoms with van der Waals surface area (Å²) < 4.78 is 4.54. The Hall–Kier alpha value is -2.02. The van der Waals surface area contributed by atoms with E-state index in [9.17, 15) is 4.79 Å². The first-order valence-corrected chi connectivity index (χ1v) is 3.98. The van der Waals surface area contributed by atoms with E-state index in [4.69, 9.17) is 11.0 Å². The van der Waals surface area contributed by atoms with Crippen molar-refractivity contribution in [3.63, 3.8) is 0 Å². The number of carbonyl (C=O) groups is 1. The lowest BCUT2D eigenvalue weighted by molar-refractivity contribution is 0.0602. The third-order valence-corrected chi connectivity index (χ3v) is 1.85. The van der Waals surface area contributed by atoms with E-state index in [1.807, 2.05) is 6.07 Å². The van der Waals surface area contributed by atoms with Crippen molar-refractivity contribution in [1.29, 1.82) is 5.26 Å². The largest absolute Gasteiger partial charge is 0.465 e. The molecule has 72 valence electrons. The first-order chi connectivity index (χ1) is 6.60. The lowest BCUT2D eigenvalue weighted by atomic mass is 10.0. The Bertz CT molecular complexity index is 419. The first-order valence-electron chi connectivity index (χ1n) is 3.98. The zero-order chi connectivity index (χ0) is 10.7. The van der Waals surface area contributed by atoms with Crippen LogP contribution in [0.2, 0.25) is 0 Å². The van der Waals surface area contributed by atoms with Crippen LogP contribution in [0.15, 0.2) is 12.1 Å². The molecule has 0 unspecified atom stereocenters. The zero-order valence-electron chi connectivity index (χ0n) is 8.00. The molecule has 0 bridgehead atoms. The van der Waals surface area contributed by atoms with Gasteiger partial charge in [0.25, 0.3) is 0 Å². The number of nitrogens with zero attached hydrogens (tertiary/aromatic N) is 1. The minimum Gasteiger partial charge on any atom is -0.465 e. The topological polar surface area (TPSA) is 76.1 Å². The molecule has 0 aliphatic carbocycles. The molecule has 1 aromatic rings. The number of nitrogen functional groups attached to an aromatic ring is 1. The van der Waals surface area contributed by atoms with Gasteiger partial charge in [-0.2, -0.15) is 5.26 Å². The standard InChI is InChI=1S/C10H10N2O2/c1-6-3-7(5-11)9(12)8(4-6)10(13)14-2/h3-4H,12H2,1-2H3. The predicted molar refractivity (Wildman–Crippen MR) is 51.6 cm³/mol. The van der Waals surface area contributed by atoms with Gasteiger partial charge in [-0.05, 0) is 24.6 Å². The Kier molecular flexibility index (Phi) is 2.73. The maximum absolute atomic E-state index is 11.2. The molecule has 0 fully saturated rings. The number of aryl methyl sites for hydroxylation is 1. The number of ether oxygens (including phenoxy) is 1. The van der Waals surface area contributed by atoms with Crippen molar-refractivity contribution in [2.24, 2.45) is 0 Å². The molecule has 0 spiro atoms. The molecular weight excluding hydrogens is 180 g/mol. The molecule has 0 atom stereocenters. The Balaban J connectivity index is 3.38. The van der Waals surface area contributed by atoms with Crippen LogP contribution in [0, 0.1) is 18.3 Å². The number of esters is 1. The van der Waals surface area contributed by atoms with Gasteiger partial charge >= 0.3 is 5.97 Å². The SMILES string of the molecule is COC(=O)c1cc(C)cc(C#N)c1N. The molecule has 0 radical (unpaired) electrons. The monoisotopic (exact) mass is 190 g/mol. The lowest BCUT2D eigenvalue weighted by Crippen LogP contribution is -2.07. The van der Waals surface area contributed by atoms with E-state index in [-0.39, 0.29) is 11.3 Å². The van der Waals surface area contributed by atoms with Gasteiger partial charge < -0.3 is 10.5 Å². The van der Waals surface area contributed by atoms with Gasteiger partial charge in [-0.3, -0.25) is 0 Å². The van der Waals surface area contributed by atoms with Crippen molar-refractivity contribution in [3.8, 4) is 6.07 Å². The number of hydrogen-bond donors (Lipinski definition) is 1. The second-order valence-corrected chi connectivity index (χ2v) is 2.88. The zero-order valence-corrected chi connectivity index (χ0v) is 8.00. The maximum Gasteiger partial charge on any atom is 0.340 e. The molecule has 14 heavy (non-hydrogen) atoms. The van der Waals surface area contributed by atoms with E-state index in [0.717, 1.165) is 5.56 Å². The normalized spacial score (nSPS) is 9.21. The second kappa shape index (κ2) is 3.79. The molecule has 4 heteroatoms. The van der Waals surface area contributed by atoms with Crippen molar-refractivity contribution in [3.05, 3.63) is 28.8 Å². The van der Waals surface area contributed by atoms with Gasteiger partial charge in [0.1, 0.15) is 6.07 Å². The van der Waals surface area contributed by atoms with Gasteiger partial charge in [0.15, 0.2) is 0 Å². The van der Waals surface area contributed by atoms with Crippen LogP contribution in [-0.2, 0) is 4.74 Å². The van der Waals surface area contributed by atoms with Gasteiger partial charge in [-0.25, -0.2) is 4.79 Å². The maximum atomic E-state index is 11.2. The highest BCUT2D eigenvalue weighted by Gasteiger charge is 2.13. The number of rotatable bonds is 1. The molecular formula is C10H10N2O2. The van der Waals surface area contributed by atoms with Crippen molar-refractivity contribution in [2.75, 3.05) is 12.8 Å². The fourth-order valence-corrected chi connectivity index (χ4v) is 1.17. The van der Waals surface area contributed by atoms with Crippen LogP contribution in [0.3, 0.4) is 0 Å². The molecule has 4 nitrogen and oxygen atoms in total. The summed E-state index contributed by atoms with van der Waals surface area (Å²) in [6.07, 6.45) is 0. The molecule has 1 aromatic carbocycles. The fourth-order valence-electron chi connectivity index (χ4n) is 1.17. The molecule has 0 aliphatic rings. The molecule has 0 saturated heterocycles. The van der Waals surface area contributed by atoms with Crippen LogP contribution in [-0.4, -0.2) is 13.1 Å². The van der Waals surface area contributed by atoms with Crippen LogP contribution in [0.25, 0.3) is 0 Å². The van der Waals surface area contributed by atoms with E-state index < -0.39 is 5.97 Å². The van der Waals surface area contributed by atoms with E-state index >= 15 is 0 Å². The quantitative estimate of drug-likeness (QED) is 0.533. The highest BCUT2D eigenvalue weighted by molar-refractivity contribution is 5.96. The predicted octanol–water partition coefficient (Wildman–Crippen LogP) is 1.24. The Morgan fingerprint density at radius 3 is 2.71 bits per heavy atom. The molecule has 0 amide bonds. The summed E-state index contributed by atoms with van der Waals surface area (Å²) in [6, 6.07) is 5.15. The lowest BCUT2D eigenvalue weighted by Gasteiger charge is -2.06. The van der Waals surface area contributed by atoms with Gasteiger partial charge in [-0.15, -0.1) is 0 Å². The Labute approximate surface area is 81.9 Å². The summed E-state index contributed by atoms with van der Waals surface area (Å²) in [5, 5.41) is 8.74. The van der Waals surface area contributed by atoms with E-state index in [0.29, 0.717) is 5.56 Å². The minimum atomic E-state index is -0.525. The van der Waals surface area contributed by atoms with Gasteiger partial charge in [0, 0.05) is 0 Å². The van der Waals surface area contributed by atoms with Crippen LogP contribution in [0.5, 0.6) is 0 Å². The Morgan fingerprint density at radius 2 is 2.21 bits per heavy atom. The average molecular weight is 190 g/mol. The number of hydrogen-bond acceptors (Lipinski definition) is 4. The number of nitriles is 1. The summed E-state index contributed by atoms with van der Waals surface area (Å²) >= 11 is 0. The van der Waals surface area contributed by atoms with Crippen molar-refractivity contribution in [2.45, 2.75) is 6.92 Å². The highest BCUT2D eigenvalue weighted by atomic mass is 16.5. The number of nitrogens with two attached hydrogens (primary N) is 1. The van der Waals surface area contributed by atoms with E-state index in [1.54, 1.807) is 19.1 Å². The molecule has 1 rings (SSSR count). The van der Waals surface area contributed by atoms with Crippen molar-refractivity contribution < 1.29 is 9.53 Å². The average Bonchev–Trinajstić information content (AvgIpc) is 2.19. The highest BCUT2D eigenvalue weighted by Crippen LogP contribution is 2.19. The molecule has 0 saturated carbocycles. The smallest absolute Gasteiger partial charge is 0.340 e. The van der Waals surface area contributed by atoms with E-state index in [2.05, 4.69) is 4.74 Å². The fraction of sp³-hybridized carbons (Fsp3) is 0.200. The van der Waals surface area contributed by atoms with E-state index in [1.165, 1.54) is 7.11 Å². The summed E-state index contributed by atoms with van der Waals surface area (Å²) in [4.78, 5) is 11.2. The van der Waals surface area contributed by atoms with Crippen molar-refractivity contribution in [1.82, 2.24) is 0 Å². The molecule has 0 heterocycles. The number of anilines is 1. The molecule has 0 aliphatic heterocycles. The summed E-state index contributed by atoms with van der Waals surface area (Å²) in [6.45, 7) is 1.78. The second-order valence-electron chi connectivity index (χ2n) is 2.88. The summed E-state index contributed by atoms with van der Waals surface area (Å²) in [5.41, 5.74) is 7.13. The van der Waals surface area contributed by atoms with Crippen LogP contribution >= 0.6 is 0 Å². The van der Waals surface area contributed by atoms with Gasteiger partial charge in [0.2, 0.25) is 0 Å². The minimum absolute atomic E-state index is 0.171. The van der Waals surface area contributed by atoms with Crippen LogP contribution < -0.4 is 5.73 Å². The number of carbonyl (C=O) groups excluding carboxylic acids is 1. The first kappa shape index (κ1) is 10.1. The number of benzene rings is 1. The number of methoxy groups -OCH3 is 1.